The minimum atomic E-state index is -1.19. The zero-order chi connectivity index (χ0) is 57.8. The fraction of sp³-hybridized carbons (Fsp3) is 0.435. The molecule has 0 bridgehead atoms. The second-order valence-corrected chi connectivity index (χ2v) is 22.0. The highest BCUT2D eigenvalue weighted by Crippen LogP contribution is 2.47. The molecule has 0 unspecified atom stereocenters. The van der Waals surface area contributed by atoms with Crippen LogP contribution in [0, 0.1) is 5.41 Å². The number of aromatic nitrogens is 1. The van der Waals surface area contributed by atoms with Gasteiger partial charge in [0.1, 0.15) is 18.8 Å². The number of nitrogens with one attached hydrogen (secondary N) is 2. The first-order valence-electron chi connectivity index (χ1n) is 27.8. The van der Waals surface area contributed by atoms with Crippen LogP contribution < -0.4 is 15.4 Å². The molecule has 2 aliphatic rings. The molecule has 0 fully saturated rings. The predicted octanol–water partition coefficient (Wildman–Crippen LogP) is 11.0. The third-order valence-electron chi connectivity index (χ3n) is 14.4. The van der Waals surface area contributed by atoms with Gasteiger partial charge in [0.2, 0.25) is 23.6 Å². The van der Waals surface area contributed by atoms with E-state index >= 15 is 0 Å². The summed E-state index contributed by atoms with van der Waals surface area (Å²) in [5, 5.41) is 32.1. The number of carboxylic acids is 1. The van der Waals surface area contributed by atoms with Crippen LogP contribution in [-0.4, -0.2) is 119 Å². The molecule has 7 rings (SSSR count). The lowest BCUT2D eigenvalue weighted by atomic mass is 9.73. The van der Waals surface area contributed by atoms with Crippen LogP contribution in [-0.2, 0) is 33.4 Å². The van der Waals surface area contributed by atoms with Crippen LogP contribution in [0.15, 0.2) is 142 Å². The van der Waals surface area contributed by atoms with Gasteiger partial charge in [-0.2, -0.15) is 0 Å². The summed E-state index contributed by atoms with van der Waals surface area (Å²) >= 11 is 0. The Balaban J connectivity index is 0.832. The number of rotatable bonds is 30. The van der Waals surface area contributed by atoms with E-state index in [1.807, 2.05) is 103 Å². The molecular weight excluding hydrogens is 1030 g/mol. The zero-order valence-corrected chi connectivity index (χ0v) is 47.1. The monoisotopic (exact) mass is 1110 g/mol. The molecule has 1 aliphatic carbocycles. The van der Waals surface area contributed by atoms with Crippen LogP contribution in [0.25, 0.3) is 33.5 Å². The third kappa shape index (κ3) is 17.6. The lowest BCUT2D eigenvalue weighted by Crippen LogP contribution is -2.48. The topological polar surface area (TPSA) is 243 Å². The normalized spacial score (nSPS) is 13.2. The molecule has 1 aliphatic heterocycles. The summed E-state index contributed by atoms with van der Waals surface area (Å²) in [6, 6.07) is 39.9. The van der Waals surface area contributed by atoms with E-state index < -0.39 is 60.6 Å². The summed E-state index contributed by atoms with van der Waals surface area (Å²) in [7, 11) is 0. The summed E-state index contributed by atoms with van der Waals surface area (Å²) in [6.07, 6.45) is 3.28. The molecule has 1 aromatic heterocycles. The average molecular weight is 1110 g/mol. The minimum absolute atomic E-state index is 0.0578. The molecule has 0 atom stereocenters. The molecule has 0 saturated heterocycles. The smallest absolute Gasteiger partial charge is 0.410 e. The molecule has 19 nitrogen and oxygen atoms in total. The van der Waals surface area contributed by atoms with Gasteiger partial charge in [0.05, 0.1) is 31.7 Å². The summed E-state index contributed by atoms with van der Waals surface area (Å²) in [6.45, 7) is 8.62. The first kappa shape index (κ1) is 60.3. The number of ether oxygens (including phenoxy) is 3. The van der Waals surface area contributed by atoms with Gasteiger partial charge in [0.15, 0.2) is 5.66 Å². The van der Waals surface area contributed by atoms with Crippen molar-refractivity contribution in [2.24, 2.45) is 26.1 Å². The minimum Gasteiger partial charge on any atom is -0.481 e. The Bertz CT molecular complexity index is 2900. The van der Waals surface area contributed by atoms with E-state index in [1.54, 1.807) is 20.8 Å². The second kappa shape index (κ2) is 28.7. The lowest BCUT2D eigenvalue weighted by Gasteiger charge is -2.37. The Morgan fingerprint density at radius 1 is 0.630 bits per heavy atom. The van der Waals surface area contributed by atoms with Crippen molar-refractivity contribution in [3.05, 3.63) is 132 Å². The van der Waals surface area contributed by atoms with E-state index in [-0.39, 0.29) is 62.9 Å². The Morgan fingerprint density at radius 3 is 1.88 bits per heavy atom. The first-order chi connectivity index (χ1) is 38.9. The van der Waals surface area contributed by atoms with Crippen molar-refractivity contribution in [1.29, 1.82) is 0 Å². The van der Waals surface area contributed by atoms with Crippen molar-refractivity contribution in [3.8, 4) is 39.4 Å². The zero-order valence-electron chi connectivity index (χ0n) is 47.1. The number of pyridine rings is 1. The maximum Gasteiger partial charge on any atom is 0.410 e. The number of hydrogen-bond acceptors (Lipinski definition) is 14. The average Bonchev–Trinajstić information content (AvgIpc) is 4.30. The molecule has 0 spiro atoms. The summed E-state index contributed by atoms with van der Waals surface area (Å²) in [5.74, 6) is -2.88. The van der Waals surface area contributed by atoms with E-state index in [1.165, 1.54) is 0 Å². The number of benzene rings is 4. The van der Waals surface area contributed by atoms with E-state index in [9.17, 15) is 33.9 Å². The fourth-order valence-electron chi connectivity index (χ4n) is 9.94. The van der Waals surface area contributed by atoms with E-state index in [4.69, 9.17) is 19.2 Å². The Kier molecular flexibility index (Phi) is 21.4. The van der Waals surface area contributed by atoms with Gasteiger partial charge in [-0.1, -0.05) is 123 Å². The second-order valence-electron chi connectivity index (χ2n) is 22.0. The van der Waals surface area contributed by atoms with Gasteiger partial charge in [-0.3, -0.25) is 28.9 Å². The van der Waals surface area contributed by atoms with Crippen LogP contribution in [0.2, 0.25) is 0 Å². The largest absolute Gasteiger partial charge is 0.481 e. The van der Waals surface area contributed by atoms with E-state index in [0.717, 1.165) is 73.7 Å². The molecule has 81 heavy (non-hydrogen) atoms. The number of aliphatic carboxylic acids is 1. The molecule has 428 valence electrons. The van der Waals surface area contributed by atoms with Gasteiger partial charge >= 0.3 is 18.0 Å². The number of esters is 1. The molecule has 2 heterocycles. The van der Waals surface area contributed by atoms with Gasteiger partial charge in [0.25, 0.3) is 0 Å². The van der Waals surface area contributed by atoms with Gasteiger partial charge < -0.3 is 34.9 Å². The van der Waals surface area contributed by atoms with E-state index in [2.05, 4.69) is 63.4 Å². The van der Waals surface area contributed by atoms with Crippen LogP contribution in [0.1, 0.15) is 116 Å². The molecule has 0 radical (unpaired) electrons. The van der Waals surface area contributed by atoms with Gasteiger partial charge in [0, 0.05) is 55.6 Å². The molecule has 4 aromatic carbocycles. The van der Waals surface area contributed by atoms with Crippen molar-refractivity contribution in [2.75, 3.05) is 52.5 Å². The number of carbonyl (C=O) groups is 6. The highest BCUT2D eigenvalue weighted by atomic mass is 16.6. The molecular formula is C62H75N9O10. The highest BCUT2D eigenvalue weighted by molar-refractivity contribution is 5.88. The summed E-state index contributed by atoms with van der Waals surface area (Å²) in [5.41, 5.74) is 5.94. The van der Waals surface area contributed by atoms with Crippen LogP contribution in [0.4, 0.5) is 4.79 Å². The summed E-state index contributed by atoms with van der Waals surface area (Å²) in [4.78, 5) is 85.2. The molecule has 19 heteroatoms. The third-order valence-corrected chi connectivity index (χ3v) is 14.4. The van der Waals surface area contributed by atoms with Crippen molar-refractivity contribution in [3.63, 3.8) is 0 Å². The SMILES string of the molecule is CC(C)(C)OC(=O)CCN(CC(=O)NCCCNC(=O)CCCCC1(C(C)(C)CCCCOc2cc(-c3ccccc3)cc(-c3ccccc3)n2)N=NN=N1)C(=O)CN(CCC(=O)O)C(=O)OCC1c2ccccc2-c2ccccc21. The first-order valence-corrected chi connectivity index (χ1v) is 27.8. The predicted molar refractivity (Wildman–Crippen MR) is 306 cm³/mol. The number of carbonyl (C=O) groups excluding carboxylic acids is 5. The quantitative estimate of drug-likeness (QED) is 0.0288. The number of amides is 4. The van der Waals surface area contributed by atoms with E-state index in [0.29, 0.717) is 38.2 Å². The number of nitrogens with zero attached hydrogens (tertiary/aromatic N) is 7. The molecule has 3 N–H and O–H groups in total. The Hall–Kier alpha value is -8.35. The number of hydrogen-bond donors (Lipinski definition) is 3. The van der Waals surface area contributed by atoms with Gasteiger partial charge in [-0.25, -0.2) is 9.78 Å². The van der Waals surface area contributed by atoms with Gasteiger partial charge in [-0.15, -0.1) is 10.2 Å². The highest BCUT2D eigenvalue weighted by Gasteiger charge is 2.47. The van der Waals surface area contributed by atoms with Crippen molar-refractivity contribution in [1.82, 2.24) is 25.4 Å². The molecule has 0 saturated carbocycles. The van der Waals surface area contributed by atoms with Crippen molar-refractivity contribution in [2.45, 2.75) is 116 Å². The maximum atomic E-state index is 13.9. The van der Waals surface area contributed by atoms with Crippen LogP contribution in [0.5, 0.6) is 5.88 Å². The standard InChI is InChI=1S/C62H75N9O10/c1-60(2,3)81-58(77)31-37-70(56(74)42-71(36-30-57(75)76)59(78)80-43-51-49-27-14-12-25-47(49)48-26-13-15-28-50(48)51)41-54(73)64-35-20-34-63-53(72)29-16-17-33-62(66-68-69-67-62)61(4,5)32-18-19-38-79-55-40-46(44-21-8-6-9-22-44)39-52(65-55)45-23-10-7-11-24-45/h6-15,21-28,39-40,51H,16-20,29-38,41-43H2,1-5H3,(H,63,72)(H,64,73)(H,75,76). The van der Waals surface area contributed by atoms with Crippen molar-refractivity contribution >= 4 is 35.8 Å². The molecule has 5 aromatic rings. The van der Waals surface area contributed by atoms with Gasteiger partial charge in [-0.05, 0) is 116 Å². The molecule has 4 amide bonds. The van der Waals surface area contributed by atoms with Crippen molar-refractivity contribution < 1.29 is 48.1 Å². The maximum absolute atomic E-state index is 13.9. The summed E-state index contributed by atoms with van der Waals surface area (Å²) < 4.78 is 17.5. The Morgan fingerprint density at radius 2 is 1.23 bits per heavy atom. The van der Waals surface area contributed by atoms with Crippen LogP contribution in [0.3, 0.4) is 0 Å². The fourth-order valence-corrected chi connectivity index (χ4v) is 9.94. The Labute approximate surface area is 473 Å². The number of unbranched alkanes of at least 4 members (excludes halogenated alkanes) is 2. The van der Waals surface area contributed by atoms with Crippen LogP contribution >= 0.6 is 0 Å². The number of carboxylic acid groups (broad SMARTS) is 1. The lowest BCUT2D eigenvalue weighted by molar-refractivity contribution is -0.156. The number of fused-ring (bicyclic) bond motifs is 3.